The molecule has 0 heterocycles. The van der Waals surface area contributed by atoms with E-state index < -0.39 is 32.9 Å². The molecule has 0 aliphatic heterocycles. The van der Waals surface area contributed by atoms with Crippen LogP contribution in [-0.2, 0) is 6.54 Å². The highest BCUT2D eigenvalue weighted by atomic mass is 19.4. The lowest BCUT2D eigenvalue weighted by Gasteiger charge is -2.20. The van der Waals surface area contributed by atoms with Crippen molar-refractivity contribution in [2.45, 2.75) is 31.1 Å². The molecule has 0 bridgehead atoms. The van der Waals surface area contributed by atoms with E-state index in [1.54, 1.807) is 0 Å². The maximum Gasteiger partial charge on any atom is 0.406 e. The summed E-state index contributed by atoms with van der Waals surface area (Å²) in [4.78, 5) is 19.8. The van der Waals surface area contributed by atoms with Crippen molar-refractivity contribution >= 4 is 11.4 Å². The average Bonchev–Trinajstić information content (AvgIpc) is 3.16. The molecule has 7 nitrogen and oxygen atoms in total. The fraction of sp³-hybridized carbons (Fsp3) is 0.455. The van der Waals surface area contributed by atoms with Crippen molar-refractivity contribution in [2.75, 3.05) is 0 Å². The first-order valence-electron chi connectivity index (χ1n) is 5.90. The molecule has 0 aromatic heterocycles. The molecule has 0 unspecified atom stereocenters. The van der Waals surface area contributed by atoms with Gasteiger partial charge in [0.15, 0.2) is 0 Å². The standard InChI is InChI=1S/C11H10F3N3O4/c12-11(13,14)10(3-4-10)15-6-7-1-2-8(16(18)19)5-9(7)17(20)21/h1-2,5,15H,3-4,6H2. The minimum absolute atomic E-state index is 0.0267. The molecule has 0 saturated heterocycles. The average molecular weight is 305 g/mol. The Hall–Kier alpha value is -2.23. The minimum atomic E-state index is -4.43. The van der Waals surface area contributed by atoms with Crippen molar-refractivity contribution in [1.29, 1.82) is 0 Å². The number of hydrogen-bond donors (Lipinski definition) is 1. The Kier molecular flexibility index (Phi) is 3.58. The van der Waals surface area contributed by atoms with E-state index in [2.05, 4.69) is 5.32 Å². The summed E-state index contributed by atoms with van der Waals surface area (Å²) in [6.07, 6.45) is -4.60. The Balaban J connectivity index is 2.21. The second-order valence-corrected chi connectivity index (χ2v) is 4.76. The van der Waals surface area contributed by atoms with E-state index in [4.69, 9.17) is 0 Å². The highest BCUT2D eigenvalue weighted by molar-refractivity contribution is 5.49. The Morgan fingerprint density at radius 1 is 1.19 bits per heavy atom. The van der Waals surface area contributed by atoms with Crippen molar-refractivity contribution in [1.82, 2.24) is 5.32 Å². The number of rotatable bonds is 5. The quantitative estimate of drug-likeness (QED) is 0.666. The molecule has 114 valence electrons. The summed E-state index contributed by atoms with van der Waals surface area (Å²) in [5.74, 6) is 0. The molecule has 0 spiro atoms. The third-order valence-corrected chi connectivity index (χ3v) is 3.39. The number of halogens is 3. The summed E-state index contributed by atoms with van der Waals surface area (Å²) >= 11 is 0. The third kappa shape index (κ3) is 2.94. The molecular weight excluding hydrogens is 295 g/mol. The lowest BCUT2D eigenvalue weighted by molar-refractivity contribution is -0.394. The number of nitrogens with zero attached hydrogens (tertiary/aromatic N) is 2. The molecule has 1 aromatic carbocycles. The highest BCUT2D eigenvalue weighted by Crippen LogP contribution is 2.49. The Morgan fingerprint density at radius 2 is 1.81 bits per heavy atom. The molecule has 1 aromatic rings. The number of benzene rings is 1. The van der Waals surface area contributed by atoms with E-state index in [-0.39, 0.29) is 24.9 Å². The van der Waals surface area contributed by atoms with Crippen molar-refractivity contribution in [3.05, 3.63) is 44.0 Å². The number of hydrogen-bond acceptors (Lipinski definition) is 5. The van der Waals surface area contributed by atoms with Gasteiger partial charge in [0.2, 0.25) is 0 Å². The van der Waals surface area contributed by atoms with Gasteiger partial charge in [0, 0.05) is 18.2 Å². The van der Waals surface area contributed by atoms with Crippen LogP contribution in [-0.4, -0.2) is 21.6 Å². The van der Waals surface area contributed by atoms with Crippen LogP contribution in [0.3, 0.4) is 0 Å². The van der Waals surface area contributed by atoms with Gasteiger partial charge in [0.25, 0.3) is 11.4 Å². The molecular formula is C11H10F3N3O4. The van der Waals surface area contributed by atoms with E-state index >= 15 is 0 Å². The summed E-state index contributed by atoms with van der Waals surface area (Å²) in [7, 11) is 0. The van der Waals surface area contributed by atoms with Crippen LogP contribution < -0.4 is 5.32 Å². The lowest BCUT2D eigenvalue weighted by Crippen LogP contribution is -2.44. The molecule has 1 aliphatic rings. The molecule has 2 rings (SSSR count). The van der Waals surface area contributed by atoms with Gasteiger partial charge in [-0.15, -0.1) is 0 Å². The second kappa shape index (κ2) is 4.95. The SMILES string of the molecule is O=[N+]([O-])c1ccc(CNC2(C(F)(F)F)CC2)c([N+](=O)[O-])c1. The monoisotopic (exact) mass is 305 g/mol. The zero-order chi connectivity index (χ0) is 15.8. The number of nitrogens with one attached hydrogen (secondary N) is 1. The third-order valence-electron chi connectivity index (χ3n) is 3.39. The van der Waals surface area contributed by atoms with E-state index in [9.17, 15) is 33.4 Å². The predicted molar refractivity (Wildman–Crippen MR) is 64.6 cm³/mol. The van der Waals surface area contributed by atoms with Crippen LogP contribution >= 0.6 is 0 Å². The van der Waals surface area contributed by atoms with Gasteiger partial charge in [-0.1, -0.05) is 0 Å². The summed E-state index contributed by atoms with van der Waals surface area (Å²) in [6, 6.07) is 2.86. The van der Waals surface area contributed by atoms with Crippen molar-refractivity contribution in [3.63, 3.8) is 0 Å². The Labute approximate surface area is 116 Å². The zero-order valence-corrected chi connectivity index (χ0v) is 10.5. The Bertz CT molecular complexity index is 599. The van der Waals surface area contributed by atoms with Crippen LogP contribution in [0.4, 0.5) is 24.5 Å². The number of non-ortho nitro benzene ring substituents is 1. The van der Waals surface area contributed by atoms with Gasteiger partial charge in [-0.2, -0.15) is 13.2 Å². The van der Waals surface area contributed by atoms with Gasteiger partial charge in [-0.25, -0.2) is 0 Å². The second-order valence-electron chi connectivity index (χ2n) is 4.76. The predicted octanol–water partition coefficient (Wildman–Crippen LogP) is 2.69. The summed E-state index contributed by atoms with van der Waals surface area (Å²) in [5.41, 5.74) is -3.08. The molecule has 1 fully saturated rings. The van der Waals surface area contributed by atoms with Gasteiger partial charge in [-0.05, 0) is 18.9 Å². The van der Waals surface area contributed by atoms with E-state index in [1.807, 2.05) is 0 Å². The normalized spacial score (nSPS) is 16.5. The van der Waals surface area contributed by atoms with Gasteiger partial charge in [0.05, 0.1) is 15.9 Å². The summed E-state index contributed by atoms with van der Waals surface area (Å²) in [5, 5.41) is 23.7. The van der Waals surface area contributed by atoms with Gasteiger partial charge < -0.3 is 0 Å². The van der Waals surface area contributed by atoms with Crippen molar-refractivity contribution < 1.29 is 23.0 Å². The zero-order valence-electron chi connectivity index (χ0n) is 10.5. The molecule has 1 saturated carbocycles. The molecule has 0 amide bonds. The van der Waals surface area contributed by atoms with Crippen LogP contribution in [0.25, 0.3) is 0 Å². The van der Waals surface area contributed by atoms with Gasteiger partial charge in [-0.3, -0.25) is 25.5 Å². The first-order valence-corrected chi connectivity index (χ1v) is 5.90. The van der Waals surface area contributed by atoms with Crippen LogP contribution in [0.5, 0.6) is 0 Å². The summed E-state index contributed by atoms with van der Waals surface area (Å²) in [6.45, 7) is -0.381. The maximum atomic E-state index is 12.7. The number of alkyl halides is 3. The fourth-order valence-electron chi connectivity index (χ4n) is 1.94. The van der Waals surface area contributed by atoms with E-state index in [1.165, 1.54) is 0 Å². The number of nitro groups is 2. The largest absolute Gasteiger partial charge is 0.406 e. The van der Waals surface area contributed by atoms with Crippen LogP contribution in [0, 0.1) is 20.2 Å². The van der Waals surface area contributed by atoms with Gasteiger partial charge >= 0.3 is 6.18 Å². The minimum Gasteiger partial charge on any atom is -0.299 e. The van der Waals surface area contributed by atoms with Crippen LogP contribution in [0.2, 0.25) is 0 Å². The molecule has 0 radical (unpaired) electrons. The maximum absolute atomic E-state index is 12.7. The molecule has 1 aliphatic carbocycles. The molecule has 21 heavy (non-hydrogen) atoms. The topological polar surface area (TPSA) is 98.3 Å². The molecule has 10 heteroatoms. The van der Waals surface area contributed by atoms with Crippen LogP contribution in [0.15, 0.2) is 18.2 Å². The van der Waals surface area contributed by atoms with Crippen molar-refractivity contribution in [2.24, 2.45) is 0 Å². The first-order chi connectivity index (χ1) is 9.66. The molecule has 0 atom stereocenters. The Morgan fingerprint density at radius 3 is 2.24 bits per heavy atom. The fourth-order valence-corrected chi connectivity index (χ4v) is 1.94. The highest BCUT2D eigenvalue weighted by Gasteiger charge is 2.63. The smallest absolute Gasteiger partial charge is 0.299 e. The van der Waals surface area contributed by atoms with E-state index in [0.717, 1.165) is 18.2 Å². The summed E-state index contributed by atoms with van der Waals surface area (Å²) < 4.78 is 38.2. The first kappa shape index (κ1) is 15.2. The van der Waals surface area contributed by atoms with E-state index in [0.29, 0.717) is 0 Å². The number of nitro benzene ring substituents is 2. The lowest BCUT2D eigenvalue weighted by atomic mass is 10.1. The molecule has 1 N–H and O–H groups in total. The van der Waals surface area contributed by atoms with Crippen molar-refractivity contribution in [3.8, 4) is 0 Å². The van der Waals surface area contributed by atoms with Gasteiger partial charge in [0.1, 0.15) is 5.54 Å². The van der Waals surface area contributed by atoms with Crippen LogP contribution in [0.1, 0.15) is 18.4 Å².